The summed E-state index contributed by atoms with van der Waals surface area (Å²) in [5.74, 6) is 0.700. The van der Waals surface area contributed by atoms with Crippen molar-refractivity contribution in [1.82, 2.24) is 10.2 Å². The summed E-state index contributed by atoms with van der Waals surface area (Å²) in [4.78, 5) is 15.0. The number of fused-ring (bicyclic) bond motifs is 2. The second kappa shape index (κ2) is 7.75. The summed E-state index contributed by atoms with van der Waals surface area (Å²) in [5, 5.41) is 6.75. The highest BCUT2D eigenvalue weighted by Gasteiger charge is 2.38. The van der Waals surface area contributed by atoms with Gasteiger partial charge in [-0.15, -0.1) is 0 Å². The summed E-state index contributed by atoms with van der Waals surface area (Å²) in [5.41, 5.74) is 0.773. The van der Waals surface area contributed by atoms with Gasteiger partial charge in [-0.1, -0.05) is 31.9 Å². The molecule has 5 heteroatoms. The average Bonchev–Trinajstić information content (AvgIpc) is 2.50. The van der Waals surface area contributed by atoms with Crippen LogP contribution in [0.4, 0.5) is 10.5 Å². The van der Waals surface area contributed by atoms with E-state index in [1.54, 1.807) is 12.1 Å². The fourth-order valence-corrected chi connectivity index (χ4v) is 4.33. The Bertz CT molecular complexity index is 546. The van der Waals surface area contributed by atoms with Crippen molar-refractivity contribution in [3.8, 4) is 0 Å². The van der Waals surface area contributed by atoms with E-state index in [2.05, 4.69) is 29.4 Å². The number of nitrogens with zero attached hydrogens (tertiary/aromatic N) is 1. The van der Waals surface area contributed by atoms with Crippen molar-refractivity contribution >= 4 is 23.3 Å². The summed E-state index contributed by atoms with van der Waals surface area (Å²) in [6.45, 7) is 5.76. The highest BCUT2D eigenvalue weighted by molar-refractivity contribution is 6.30. The maximum Gasteiger partial charge on any atom is 0.319 e. The van der Waals surface area contributed by atoms with Crippen LogP contribution in [0, 0.1) is 5.92 Å². The summed E-state index contributed by atoms with van der Waals surface area (Å²) >= 11 is 5.87. The fraction of sp³-hybridized carbons (Fsp3) is 0.632. The molecule has 2 heterocycles. The molecule has 2 N–H and O–H groups in total. The summed E-state index contributed by atoms with van der Waals surface area (Å²) in [6, 6.07) is 8.62. The lowest BCUT2D eigenvalue weighted by molar-refractivity contribution is 0.0180. The zero-order chi connectivity index (χ0) is 17.1. The van der Waals surface area contributed by atoms with Gasteiger partial charge in [0.05, 0.1) is 0 Å². The third-order valence-electron chi connectivity index (χ3n) is 5.14. The minimum absolute atomic E-state index is 0.113. The Labute approximate surface area is 149 Å². The van der Waals surface area contributed by atoms with E-state index >= 15 is 0 Å². The number of anilines is 1. The van der Waals surface area contributed by atoms with E-state index in [4.69, 9.17) is 11.6 Å². The van der Waals surface area contributed by atoms with Crippen LogP contribution in [0.25, 0.3) is 0 Å². The van der Waals surface area contributed by atoms with Gasteiger partial charge in [-0.25, -0.2) is 4.79 Å². The molecule has 0 aromatic heterocycles. The predicted molar refractivity (Wildman–Crippen MR) is 99.6 cm³/mol. The molecule has 2 fully saturated rings. The zero-order valence-corrected chi connectivity index (χ0v) is 15.4. The molecule has 132 valence electrons. The van der Waals surface area contributed by atoms with Gasteiger partial charge in [0, 0.05) is 35.4 Å². The molecule has 0 saturated carbocycles. The molecule has 3 rings (SSSR count). The monoisotopic (exact) mass is 349 g/mol. The van der Waals surface area contributed by atoms with Crippen molar-refractivity contribution in [2.75, 3.05) is 11.9 Å². The molecule has 2 aliphatic rings. The van der Waals surface area contributed by atoms with Crippen LogP contribution in [0.1, 0.15) is 46.0 Å². The SMILES string of the molecule is CC(C)CN1C2CCCC1CC(NC(=O)Nc1ccc(Cl)cc1)C2. The molecule has 2 saturated heterocycles. The lowest BCUT2D eigenvalue weighted by Crippen LogP contribution is -2.58. The Morgan fingerprint density at radius 3 is 2.42 bits per heavy atom. The third kappa shape index (κ3) is 4.42. The number of benzene rings is 1. The molecule has 0 spiro atoms. The number of amides is 2. The molecule has 0 radical (unpaired) electrons. The van der Waals surface area contributed by atoms with Crippen LogP contribution >= 0.6 is 11.6 Å². The van der Waals surface area contributed by atoms with Gasteiger partial charge in [0.2, 0.25) is 0 Å². The number of hydrogen-bond donors (Lipinski definition) is 2. The number of carbonyl (C=O) groups excluding carboxylic acids is 1. The number of rotatable bonds is 4. The van der Waals surface area contributed by atoms with Crippen LogP contribution in [0.5, 0.6) is 0 Å². The molecule has 2 amide bonds. The highest BCUT2D eigenvalue weighted by Crippen LogP contribution is 2.34. The van der Waals surface area contributed by atoms with Crippen molar-refractivity contribution < 1.29 is 4.79 Å². The highest BCUT2D eigenvalue weighted by atomic mass is 35.5. The van der Waals surface area contributed by atoms with E-state index in [1.807, 2.05) is 12.1 Å². The first-order valence-electron chi connectivity index (χ1n) is 9.10. The van der Waals surface area contributed by atoms with E-state index in [1.165, 1.54) is 25.8 Å². The Morgan fingerprint density at radius 1 is 1.21 bits per heavy atom. The number of carbonyl (C=O) groups is 1. The molecular weight excluding hydrogens is 322 g/mol. The van der Waals surface area contributed by atoms with Gasteiger partial charge in [0.25, 0.3) is 0 Å². The normalized spacial score (nSPS) is 27.1. The quantitative estimate of drug-likeness (QED) is 0.840. The Morgan fingerprint density at radius 2 is 1.83 bits per heavy atom. The summed E-state index contributed by atoms with van der Waals surface area (Å²) in [6.07, 6.45) is 5.99. The lowest BCUT2D eigenvalue weighted by Gasteiger charge is -2.49. The number of urea groups is 1. The second-order valence-electron chi connectivity index (χ2n) is 7.60. The summed E-state index contributed by atoms with van der Waals surface area (Å²) in [7, 11) is 0. The Hall–Kier alpha value is -1.26. The van der Waals surface area contributed by atoms with Crippen LogP contribution in [-0.2, 0) is 0 Å². The van der Waals surface area contributed by atoms with Crippen molar-refractivity contribution in [2.45, 2.75) is 64.1 Å². The lowest BCUT2D eigenvalue weighted by atomic mass is 9.81. The standard InChI is InChI=1S/C19H28ClN3O/c1-13(2)12-23-17-4-3-5-18(23)11-16(10-17)22-19(24)21-15-8-6-14(20)7-9-15/h6-9,13,16-18H,3-5,10-12H2,1-2H3,(H2,21,22,24). The van der Waals surface area contributed by atoms with Crippen molar-refractivity contribution in [1.29, 1.82) is 0 Å². The first-order valence-corrected chi connectivity index (χ1v) is 9.48. The van der Waals surface area contributed by atoms with Gasteiger partial charge in [-0.2, -0.15) is 0 Å². The van der Waals surface area contributed by atoms with Crippen LogP contribution in [0.15, 0.2) is 24.3 Å². The topological polar surface area (TPSA) is 44.4 Å². The third-order valence-corrected chi connectivity index (χ3v) is 5.39. The second-order valence-corrected chi connectivity index (χ2v) is 8.04. The van der Waals surface area contributed by atoms with E-state index in [9.17, 15) is 4.79 Å². The van der Waals surface area contributed by atoms with Crippen molar-refractivity contribution in [2.24, 2.45) is 5.92 Å². The maximum absolute atomic E-state index is 12.3. The fourth-order valence-electron chi connectivity index (χ4n) is 4.20. The molecule has 0 aliphatic carbocycles. The van der Waals surface area contributed by atoms with Gasteiger partial charge in [0.15, 0.2) is 0 Å². The molecule has 24 heavy (non-hydrogen) atoms. The number of halogens is 1. The van der Waals surface area contributed by atoms with Gasteiger partial charge in [-0.3, -0.25) is 4.90 Å². The number of hydrogen-bond acceptors (Lipinski definition) is 2. The van der Waals surface area contributed by atoms with E-state index in [-0.39, 0.29) is 12.1 Å². The van der Waals surface area contributed by atoms with E-state index < -0.39 is 0 Å². The number of piperidine rings is 2. The van der Waals surface area contributed by atoms with E-state index in [0.29, 0.717) is 23.0 Å². The molecule has 4 nitrogen and oxygen atoms in total. The average molecular weight is 350 g/mol. The molecule has 1 aromatic rings. The van der Waals surface area contributed by atoms with Crippen LogP contribution in [0.3, 0.4) is 0 Å². The van der Waals surface area contributed by atoms with Crippen LogP contribution < -0.4 is 10.6 Å². The minimum Gasteiger partial charge on any atom is -0.335 e. The number of nitrogens with one attached hydrogen (secondary N) is 2. The van der Waals surface area contributed by atoms with Crippen LogP contribution in [-0.4, -0.2) is 35.6 Å². The van der Waals surface area contributed by atoms with Gasteiger partial charge >= 0.3 is 6.03 Å². The van der Waals surface area contributed by atoms with Gasteiger partial charge < -0.3 is 10.6 Å². The predicted octanol–water partition coefficient (Wildman–Crippen LogP) is 4.50. The molecule has 1 aromatic carbocycles. The molecule has 2 unspecified atom stereocenters. The Kier molecular flexibility index (Phi) is 5.67. The first-order chi connectivity index (χ1) is 11.5. The Balaban J connectivity index is 1.55. The molecular formula is C19H28ClN3O. The zero-order valence-electron chi connectivity index (χ0n) is 14.6. The van der Waals surface area contributed by atoms with E-state index in [0.717, 1.165) is 18.5 Å². The largest absolute Gasteiger partial charge is 0.335 e. The first kappa shape index (κ1) is 17.6. The van der Waals surface area contributed by atoms with Crippen molar-refractivity contribution in [3.05, 3.63) is 29.3 Å². The van der Waals surface area contributed by atoms with Gasteiger partial charge in [-0.05, 0) is 55.9 Å². The van der Waals surface area contributed by atoms with Gasteiger partial charge in [0.1, 0.15) is 0 Å². The van der Waals surface area contributed by atoms with Crippen molar-refractivity contribution in [3.63, 3.8) is 0 Å². The van der Waals surface area contributed by atoms with Crippen LogP contribution in [0.2, 0.25) is 5.02 Å². The molecule has 2 aliphatic heterocycles. The summed E-state index contributed by atoms with van der Waals surface area (Å²) < 4.78 is 0. The minimum atomic E-state index is -0.113. The maximum atomic E-state index is 12.3. The smallest absolute Gasteiger partial charge is 0.319 e. The molecule has 2 bridgehead atoms. The molecule has 2 atom stereocenters.